The van der Waals surface area contributed by atoms with Crippen molar-refractivity contribution in [2.24, 2.45) is 11.3 Å². The zero-order valence-electron chi connectivity index (χ0n) is 9.12. The van der Waals surface area contributed by atoms with Crippen molar-refractivity contribution in [3.8, 4) is 0 Å². The van der Waals surface area contributed by atoms with Gasteiger partial charge in [-0.3, -0.25) is 4.79 Å². The van der Waals surface area contributed by atoms with Gasteiger partial charge in [-0.15, -0.1) is 0 Å². The lowest BCUT2D eigenvalue weighted by molar-refractivity contribution is -0.156. The molecular weight excluding hydrogens is 307 g/mol. The van der Waals surface area contributed by atoms with Gasteiger partial charge >= 0.3 is 5.97 Å². The number of hydrogen-bond acceptors (Lipinski definition) is 3. The first-order valence-corrected chi connectivity index (χ1v) is 6.91. The molecule has 2 fully saturated rings. The van der Waals surface area contributed by atoms with E-state index < -0.39 is 0 Å². The lowest BCUT2D eigenvalue weighted by atomic mass is 9.60. The van der Waals surface area contributed by atoms with Crippen LogP contribution < -0.4 is 0 Å². The van der Waals surface area contributed by atoms with Crippen molar-refractivity contribution in [1.29, 1.82) is 0 Å². The number of aliphatic hydroxyl groups is 1. The number of ether oxygens (including phenoxy) is 1. The van der Waals surface area contributed by atoms with Gasteiger partial charge in [0.2, 0.25) is 0 Å². The van der Waals surface area contributed by atoms with Crippen LogP contribution in [-0.4, -0.2) is 27.2 Å². The van der Waals surface area contributed by atoms with Crippen molar-refractivity contribution < 1.29 is 14.6 Å². The topological polar surface area (TPSA) is 46.5 Å². The van der Waals surface area contributed by atoms with Gasteiger partial charge in [0.1, 0.15) is 5.60 Å². The average Bonchev–Trinajstić information content (AvgIpc) is 2.52. The molecule has 1 saturated heterocycles. The largest absolute Gasteiger partial charge is 0.458 e. The van der Waals surface area contributed by atoms with E-state index in [4.69, 9.17) is 4.74 Å². The average molecular weight is 324 g/mol. The minimum atomic E-state index is -0.312. The van der Waals surface area contributed by atoms with Crippen LogP contribution in [0.15, 0.2) is 0 Å². The van der Waals surface area contributed by atoms with Crippen LogP contribution in [0.5, 0.6) is 0 Å². The second-order valence-corrected chi connectivity index (χ2v) is 6.07. The number of fused-ring (bicyclic) bond motifs is 1. The van der Waals surface area contributed by atoms with Gasteiger partial charge < -0.3 is 9.84 Å². The predicted octanol–water partition coefficient (Wildman–Crippen LogP) is 1.90. The van der Waals surface area contributed by atoms with Gasteiger partial charge in [-0.05, 0) is 18.3 Å². The third-order valence-corrected chi connectivity index (χ3v) is 5.44. The maximum Gasteiger partial charge on any atom is 0.306 e. The van der Waals surface area contributed by atoms with E-state index in [0.29, 0.717) is 6.42 Å². The first kappa shape index (κ1) is 11.6. The molecule has 2 rings (SSSR count). The highest BCUT2D eigenvalue weighted by Crippen LogP contribution is 2.53. The molecule has 4 heteroatoms. The van der Waals surface area contributed by atoms with E-state index in [1.165, 1.54) is 0 Å². The molecule has 1 N–H and O–H groups in total. The highest BCUT2D eigenvalue weighted by atomic mass is 127. The molecule has 1 heterocycles. The van der Waals surface area contributed by atoms with Gasteiger partial charge in [-0.1, -0.05) is 36.4 Å². The second kappa shape index (κ2) is 3.58. The smallest absolute Gasteiger partial charge is 0.306 e. The number of esters is 1. The van der Waals surface area contributed by atoms with Crippen molar-refractivity contribution in [2.75, 3.05) is 4.43 Å². The molecule has 2 aliphatic rings. The summed E-state index contributed by atoms with van der Waals surface area (Å²) in [6.07, 6.45) is 1.69. The van der Waals surface area contributed by atoms with Crippen molar-refractivity contribution in [2.45, 2.75) is 44.8 Å². The predicted molar refractivity (Wildman–Crippen MR) is 64.8 cm³/mol. The summed E-state index contributed by atoms with van der Waals surface area (Å²) in [6.45, 7) is 4.09. The van der Waals surface area contributed by atoms with Gasteiger partial charge in [-0.2, -0.15) is 0 Å². The Morgan fingerprint density at radius 1 is 1.60 bits per heavy atom. The first-order valence-electron chi connectivity index (χ1n) is 5.38. The molecule has 1 aliphatic carbocycles. The zero-order valence-corrected chi connectivity index (χ0v) is 11.3. The fourth-order valence-corrected chi connectivity index (χ4v) is 4.10. The van der Waals surface area contributed by atoms with Crippen LogP contribution in [0.1, 0.15) is 33.1 Å². The molecule has 15 heavy (non-hydrogen) atoms. The summed E-state index contributed by atoms with van der Waals surface area (Å²) in [4.78, 5) is 11.5. The van der Waals surface area contributed by atoms with Crippen LogP contribution >= 0.6 is 22.6 Å². The highest BCUT2D eigenvalue weighted by Gasteiger charge is 2.59. The van der Waals surface area contributed by atoms with Crippen molar-refractivity contribution in [3.05, 3.63) is 0 Å². The molecule has 0 spiro atoms. The Balaban J connectivity index is 2.35. The third kappa shape index (κ3) is 1.60. The monoisotopic (exact) mass is 324 g/mol. The number of carbonyl (C=O) groups excluding carboxylic acids is 1. The summed E-state index contributed by atoms with van der Waals surface area (Å²) in [5.41, 5.74) is -0.518. The molecule has 0 unspecified atom stereocenters. The van der Waals surface area contributed by atoms with Gasteiger partial charge in [0, 0.05) is 10.3 Å². The quantitative estimate of drug-likeness (QED) is 0.455. The molecule has 1 aliphatic heterocycles. The van der Waals surface area contributed by atoms with Gasteiger partial charge in [-0.25, -0.2) is 0 Å². The number of alkyl halides is 1. The minimum Gasteiger partial charge on any atom is -0.458 e. The summed E-state index contributed by atoms with van der Waals surface area (Å²) in [6, 6.07) is 0. The fraction of sp³-hybridized carbons (Fsp3) is 0.909. The Hall–Kier alpha value is 0.160. The van der Waals surface area contributed by atoms with Crippen LogP contribution in [-0.2, 0) is 9.53 Å². The SMILES string of the molecule is CC1(C)[C@H]2CC(=O)O[C@@]2(CI)CC[C@@H]1O. The maximum atomic E-state index is 11.5. The van der Waals surface area contributed by atoms with E-state index in [1.54, 1.807) is 0 Å². The number of rotatable bonds is 1. The third-order valence-electron chi connectivity index (χ3n) is 4.15. The summed E-state index contributed by atoms with van der Waals surface area (Å²) < 4.78 is 6.36. The van der Waals surface area contributed by atoms with Crippen LogP contribution in [0.4, 0.5) is 0 Å². The van der Waals surface area contributed by atoms with Crippen molar-refractivity contribution >= 4 is 28.6 Å². The van der Waals surface area contributed by atoms with Gasteiger partial charge in [0.05, 0.1) is 12.5 Å². The number of aliphatic hydroxyl groups excluding tert-OH is 1. The molecule has 1 saturated carbocycles. The second-order valence-electron chi connectivity index (χ2n) is 5.31. The summed E-state index contributed by atoms with van der Waals surface area (Å²) >= 11 is 2.29. The van der Waals surface area contributed by atoms with Crippen LogP contribution in [0.3, 0.4) is 0 Å². The number of carbonyl (C=O) groups is 1. The number of halogens is 1. The van der Waals surface area contributed by atoms with Gasteiger partial charge in [0.25, 0.3) is 0 Å². The van der Waals surface area contributed by atoms with E-state index in [0.717, 1.165) is 17.3 Å². The first-order chi connectivity index (χ1) is 6.92. The molecule has 0 aromatic heterocycles. The van der Waals surface area contributed by atoms with Crippen molar-refractivity contribution in [1.82, 2.24) is 0 Å². The lowest BCUT2D eigenvalue weighted by Gasteiger charge is -2.48. The minimum absolute atomic E-state index is 0.0983. The Bertz CT molecular complexity index is 290. The Labute approximate surface area is 104 Å². The van der Waals surface area contributed by atoms with E-state index >= 15 is 0 Å². The van der Waals surface area contributed by atoms with Crippen LogP contribution in [0.2, 0.25) is 0 Å². The molecule has 0 aromatic carbocycles. The molecule has 0 aromatic rings. The Morgan fingerprint density at radius 3 is 2.87 bits per heavy atom. The van der Waals surface area contributed by atoms with E-state index in [9.17, 15) is 9.90 Å². The van der Waals surface area contributed by atoms with Crippen molar-refractivity contribution in [3.63, 3.8) is 0 Å². The van der Waals surface area contributed by atoms with E-state index in [1.807, 2.05) is 13.8 Å². The zero-order chi connectivity index (χ0) is 11.3. The number of hydrogen-bond donors (Lipinski definition) is 1. The lowest BCUT2D eigenvalue weighted by Crippen LogP contribution is -2.53. The molecule has 3 atom stereocenters. The van der Waals surface area contributed by atoms with Gasteiger partial charge in [0.15, 0.2) is 0 Å². The fourth-order valence-electron chi connectivity index (χ4n) is 3.03. The highest BCUT2D eigenvalue weighted by molar-refractivity contribution is 14.1. The normalized spacial score (nSPS) is 43.6. The summed E-state index contributed by atoms with van der Waals surface area (Å²) in [7, 11) is 0. The van der Waals surface area contributed by atoms with E-state index in [-0.39, 0.29) is 29.0 Å². The van der Waals surface area contributed by atoms with Crippen LogP contribution in [0.25, 0.3) is 0 Å². The molecule has 0 bridgehead atoms. The Morgan fingerprint density at radius 2 is 2.27 bits per heavy atom. The molecule has 86 valence electrons. The molecular formula is C11H17IO3. The van der Waals surface area contributed by atoms with Crippen LogP contribution in [0, 0.1) is 11.3 Å². The molecule has 3 nitrogen and oxygen atoms in total. The maximum absolute atomic E-state index is 11.5. The summed E-state index contributed by atoms with van der Waals surface area (Å²) in [5.74, 6) is 0.0667. The Kier molecular flexibility index (Phi) is 2.78. The molecule has 0 amide bonds. The molecule has 0 radical (unpaired) electrons. The van der Waals surface area contributed by atoms with E-state index in [2.05, 4.69) is 22.6 Å². The standard InChI is InChI=1S/C11H17IO3/c1-10(2)7-5-9(14)15-11(7,6-12)4-3-8(10)13/h7-8,13H,3-6H2,1-2H3/t7-,8+,11-/m1/s1. The summed E-state index contributed by atoms with van der Waals surface area (Å²) in [5, 5.41) is 10.0.